The Morgan fingerprint density at radius 2 is 1.95 bits per heavy atom. The summed E-state index contributed by atoms with van der Waals surface area (Å²) in [4.78, 5) is 11.4. The number of carboxylic acid groups (broad SMARTS) is 1. The van der Waals surface area contributed by atoms with Gasteiger partial charge >= 0.3 is 5.97 Å². The number of ether oxygens (including phenoxy) is 1. The summed E-state index contributed by atoms with van der Waals surface area (Å²) in [6, 6.07) is 9.38. The van der Waals surface area contributed by atoms with Gasteiger partial charge in [0.25, 0.3) is 0 Å². The van der Waals surface area contributed by atoms with E-state index >= 15 is 0 Å². The maximum atomic E-state index is 12.3. The first kappa shape index (κ1) is 15.2. The molecule has 4 nitrogen and oxygen atoms in total. The average Bonchev–Trinajstić information content (AvgIpc) is 2.46. The van der Waals surface area contributed by atoms with Gasteiger partial charge in [-0.15, -0.1) is 0 Å². The van der Waals surface area contributed by atoms with E-state index in [1.54, 1.807) is 0 Å². The second-order valence-corrected chi connectivity index (χ2v) is 6.78. The Balaban J connectivity index is 1.97. The zero-order valence-corrected chi connectivity index (χ0v) is 12.2. The fraction of sp³-hybridized carbons (Fsp3) is 0.533. The second-order valence-electron chi connectivity index (χ2n) is 5.12. The van der Waals surface area contributed by atoms with Crippen molar-refractivity contribution in [3.63, 3.8) is 0 Å². The lowest BCUT2D eigenvalue weighted by Crippen LogP contribution is -2.33. The molecule has 110 valence electrons. The predicted molar refractivity (Wildman–Crippen MR) is 78.1 cm³/mol. The molecule has 1 aromatic rings. The van der Waals surface area contributed by atoms with E-state index in [-0.39, 0.29) is 0 Å². The molecule has 2 unspecified atom stereocenters. The fourth-order valence-electron chi connectivity index (χ4n) is 2.38. The third-order valence-corrected chi connectivity index (χ3v) is 5.40. The van der Waals surface area contributed by atoms with Gasteiger partial charge in [0.15, 0.2) is 0 Å². The smallest absolute Gasteiger partial charge is 0.319 e. The molecule has 0 amide bonds. The number of carbonyl (C=O) groups is 1. The van der Waals surface area contributed by atoms with Crippen LogP contribution in [0, 0.1) is 5.92 Å². The Labute approximate surface area is 121 Å². The molecule has 1 heterocycles. The highest BCUT2D eigenvalue weighted by Gasteiger charge is 2.27. The summed E-state index contributed by atoms with van der Waals surface area (Å²) in [7, 11) is -1.34. The largest absolute Gasteiger partial charge is 0.480 e. The van der Waals surface area contributed by atoms with Crippen LogP contribution in [0.5, 0.6) is 0 Å². The first-order chi connectivity index (χ1) is 9.66. The molecule has 2 rings (SSSR count). The third kappa shape index (κ3) is 4.42. The lowest BCUT2D eigenvalue weighted by Gasteiger charge is -2.23. The number of hydrogen-bond donors (Lipinski definition) is 1. The molecule has 2 atom stereocenters. The van der Waals surface area contributed by atoms with Crippen LogP contribution in [0.3, 0.4) is 0 Å². The molecule has 0 bridgehead atoms. The molecule has 1 N–H and O–H groups in total. The van der Waals surface area contributed by atoms with Crippen molar-refractivity contribution < 1.29 is 18.8 Å². The summed E-state index contributed by atoms with van der Waals surface area (Å²) < 4.78 is 17.6. The minimum Gasteiger partial charge on any atom is -0.480 e. The topological polar surface area (TPSA) is 63.6 Å². The first-order valence-corrected chi connectivity index (χ1v) is 8.26. The minimum absolute atomic E-state index is 0.321. The van der Waals surface area contributed by atoms with Gasteiger partial charge in [0.1, 0.15) is 5.25 Å². The Bertz CT molecular complexity index is 454. The molecule has 0 radical (unpaired) electrons. The molecule has 1 fully saturated rings. The normalized spacial score (nSPS) is 19.4. The van der Waals surface area contributed by atoms with Gasteiger partial charge in [-0.25, -0.2) is 0 Å². The van der Waals surface area contributed by atoms with Crippen LogP contribution in [-0.2, 0) is 26.8 Å². The van der Waals surface area contributed by atoms with E-state index < -0.39 is 22.0 Å². The van der Waals surface area contributed by atoms with Gasteiger partial charge in [0.2, 0.25) is 0 Å². The van der Waals surface area contributed by atoms with Crippen molar-refractivity contribution in [1.82, 2.24) is 0 Å². The molecule has 1 saturated heterocycles. The molecule has 1 aromatic carbocycles. The van der Waals surface area contributed by atoms with Crippen LogP contribution in [0.15, 0.2) is 30.3 Å². The summed E-state index contributed by atoms with van der Waals surface area (Å²) in [5.41, 5.74) is 0.917. The van der Waals surface area contributed by atoms with Crippen molar-refractivity contribution >= 4 is 16.8 Å². The molecule has 0 aromatic heterocycles. The summed E-state index contributed by atoms with van der Waals surface area (Å²) in [5.74, 6) is -0.186. The summed E-state index contributed by atoms with van der Waals surface area (Å²) >= 11 is 0. The van der Waals surface area contributed by atoms with Gasteiger partial charge in [0, 0.05) is 29.8 Å². The van der Waals surface area contributed by atoms with Crippen molar-refractivity contribution in [3.05, 3.63) is 35.9 Å². The summed E-state index contributed by atoms with van der Waals surface area (Å²) in [6.45, 7) is 1.39. The number of hydrogen-bond acceptors (Lipinski definition) is 3. The number of rotatable bonds is 6. The van der Waals surface area contributed by atoms with Gasteiger partial charge in [-0.1, -0.05) is 30.3 Å². The monoisotopic (exact) mass is 296 g/mol. The van der Waals surface area contributed by atoms with Crippen LogP contribution in [0.4, 0.5) is 0 Å². The van der Waals surface area contributed by atoms with Crippen LogP contribution >= 0.6 is 0 Å². The van der Waals surface area contributed by atoms with E-state index in [0.29, 0.717) is 31.3 Å². The zero-order chi connectivity index (χ0) is 14.4. The quantitative estimate of drug-likeness (QED) is 0.870. The molecule has 0 saturated carbocycles. The first-order valence-electron chi connectivity index (χ1n) is 6.88. The Morgan fingerprint density at radius 1 is 1.30 bits per heavy atom. The van der Waals surface area contributed by atoms with Crippen LogP contribution in [0.25, 0.3) is 0 Å². The Hall–Kier alpha value is -1.20. The van der Waals surface area contributed by atoms with E-state index in [9.17, 15) is 14.1 Å². The summed E-state index contributed by atoms with van der Waals surface area (Å²) in [6.07, 6.45) is 2.08. The molecule has 1 aliphatic rings. The van der Waals surface area contributed by atoms with Crippen molar-refractivity contribution in [1.29, 1.82) is 0 Å². The molecule has 0 aliphatic carbocycles. The van der Waals surface area contributed by atoms with Gasteiger partial charge in [-0.3, -0.25) is 9.00 Å². The number of aliphatic carboxylic acids is 1. The lowest BCUT2D eigenvalue weighted by atomic mass is 10.0. The van der Waals surface area contributed by atoms with Crippen LogP contribution in [-0.4, -0.2) is 39.5 Å². The van der Waals surface area contributed by atoms with Crippen molar-refractivity contribution in [2.24, 2.45) is 5.92 Å². The molecular weight excluding hydrogens is 276 g/mol. The molecule has 20 heavy (non-hydrogen) atoms. The number of carboxylic acids is 1. The predicted octanol–water partition coefficient (Wildman–Crippen LogP) is 1.86. The van der Waals surface area contributed by atoms with Gasteiger partial charge < -0.3 is 9.84 Å². The molecular formula is C15H20O4S. The maximum absolute atomic E-state index is 12.3. The highest BCUT2D eigenvalue weighted by atomic mass is 32.2. The van der Waals surface area contributed by atoms with Crippen LogP contribution < -0.4 is 0 Å². The van der Waals surface area contributed by atoms with E-state index in [2.05, 4.69) is 0 Å². The van der Waals surface area contributed by atoms with Crippen molar-refractivity contribution in [2.75, 3.05) is 19.0 Å². The lowest BCUT2D eigenvalue weighted by molar-refractivity contribution is -0.136. The van der Waals surface area contributed by atoms with E-state index in [1.165, 1.54) is 0 Å². The molecule has 1 aliphatic heterocycles. The maximum Gasteiger partial charge on any atom is 0.319 e. The standard InChI is InChI=1S/C15H20O4S/c16-15(17)14(10-12-4-2-1-3-5-12)20(18)11-13-6-8-19-9-7-13/h1-5,13-14H,6-11H2,(H,16,17). The van der Waals surface area contributed by atoms with E-state index in [0.717, 1.165) is 18.4 Å². The van der Waals surface area contributed by atoms with Crippen LogP contribution in [0.1, 0.15) is 18.4 Å². The number of benzene rings is 1. The Morgan fingerprint density at radius 3 is 2.55 bits per heavy atom. The zero-order valence-electron chi connectivity index (χ0n) is 11.4. The van der Waals surface area contributed by atoms with Gasteiger partial charge in [-0.2, -0.15) is 0 Å². The highest BCUT2D eigenvalue weighted by molar-refractivity contribution is 7.86. The average molecular weight is 296 g/mol. The van der Waals surface area contributed by atoms with Crippen molar-refractivity contribution in [3.8, 4) is 0 Å². The summed E-state index contributed by atoms with van der Waals surface area (Å²) in [5, 5.41) is 8.50. The molecule has 0 spiro atoms. The van der Waals surface area contributed by atoms with Crippen molar-refractivity contribution in [2.45, 2.75) is 24.5 Å². The third-order valence-electron chi connectivity index (χ3n) is 3.60. The van der Waals surface area contributed by atoms with Gasteiger partial charge in [0.05, 0.1) is 0 Å². The SMILES string of the molecule is O=C(O)C(Cc1ccccc1)S(=O)CC1CCOCC1. The fourth-order valence-corrected chi connectivity index (χ4v) is 4.02. The minimum atomic E-state index is -1.34. The highest BCUT2D eigenvalue weighted by Crippen LogP contribution is 2.18. The van der Waals surface area contributed by atoms with E-state index in [4.69, 9.17) is 4.74 Å². The Kier molecular flexibility index (Phi) is 5.73. The van der Waals surface area contributed by atoms with Gasteiger partial charge in [-0.05, 0) is 30.7 Å². The van der Waals surface area contributed by atoms with Crippen LogP contribution in [0.2, 0.25) is 0 Å². The van der Waals surface area contributed by atoms with E-state index in [1.807, 2.05) is 30.3 Å². The molecule has 5 heteroatoms. The second kappa shape index (κ2) is 7.55.